The SMILES string of the molecule is Cc1ccc(C)c(S(=O)(=O)C2(C(=O)Nc3ccc(OC(F)F)cc3)CCCC2)c1. The zero-order chi connectivity index (χ0) is 21.2. The van der Waals surface area contributed by atoms with Gasteiger partial charge in [0, 0.05) is 5.69 Å². The molecule has 8 heteroatoms. The van der Waals surface area contributed by atoms with Crippen LogP contribution in [0.4, 0.5) is 14.5 Å². The molecule has 29 heavy (non-hydrogen) atoms. The molecule has 5 nitrogen and oxygen atoms in total. The summed E-state index contributed by atoms with van der Waals surface area (Å²) in [6.45, 7) is 0.581. The number of ether oxygens (including phenoxy) is 1. The molecule has 2 aromatic rings. The third-order valence-corrected chi connectivity index (χ3v) is 7.95. The van der Waals surface area contributed by atoms with Gasteiger partial charge in [-0.15, -0.1) is 0 Å². The second-order valence-corrected chi connectivity index (χ2v) is 9.56. The third kappa shape index (κ3) is 4.12. The first kappa shape index (κ1) is 21.2. The number of anilines is 1. The topological polar surface area (TPSA) is 72.5 Å². The lowest BCUT2D eigenvalue weighted by atomic mass is 10.1. The summed E-state index contributed by atoms with van der Waals surface area (Å²) in [6, 6.07) is 10.6. The maximum atomic E-state index is 13.6. The number of carbonyl (C=O) groups is 1. The summed E-state index contributed by atoms with van der Waals surface area (Å²) in [5, 5.41) is 2.65. The lowest BCUT2D eigenvalue weighted by molar-refractivity contribution is -0.118. The Morgan fingerprint density at radius 1 is 1.07 bits per heavy atom. The quantitative estimate of drug-likeness (QED) is 0.735. The van der Waals surface area contributed by atoms with Gasteiger partial charge in [-0.25, -0.2) is 8.42 Å². The Kier molecular flexibility index (Phi) is 5.93. The van der Waals surface area contributed by atoms with E-state index in [9.17, 15) is 22.0 Å². The summed E-state index contributed by atoms with van der Waals surface area (Å²) < 4.78 is 54.4. The number of benzene rings is 2. The standard InChI is InChI=1S/C21H23F2NO4S/c1-14-5-6-15(2)18(13-14)29(26,27)21(11-3-4-12-21)19(25)24-16-7-9-17(10-8-16)28-20(22)23/h5-10,13,20H,3-4,11-12H2,1-2H3,(H,24,25). The fraction of sp³-hybridized carbons (Fsp3) is 0.381. The summed E-state index contributed by atoms with van der Waals surface area (Å²) in [5.74, 6) is -0.644. The van der Waals surface area contributed by atoms with Gasteiger partial charge in [0.15, 0.2) is 14.6 Å². The lowest BCUT2D eigenvalue weighted by Crippen LogP contribution is -2.47. The Labute approximate surface area is 169 Å². The Bertz CT molecular complexity index is 998. The molecule has 0 unspecified atom stereocenters. The average Bonchev–Trinajstić information content (AvgIpc) is 3.16. The predicted molar refractivity (Wildman–Crippen MR) is 106 cm³/mol. The Balaban J connectivity index is 1.92. The molecule has 1 aliphatic rings. The first-order chi connectivity index (χ1) is 13.7. The van der Waals surface area contributed by atoms with Crippen molar-refractivity contribution in [1.82, 2.24) is 0 Å². The summed E-state index contributed by atoms with van der Waals surface area (Å²) >= 11 is 0. The van der Waals surface area contributed by atoms with Gasteiger partial charge in [0.05, 0.1) is 4.90 Å². The highest BCUT2D eigenvalue weighted by Gasteiger charge is 2.53. The van der Waals surface area contributed by atoms with Crippen LogP contribution in [-0.2, 0) is 14.6 Å². The van der Waals surface area contributed by atoms with Gasteiger partial charge in [-0.05, 0) is 68.1 Å². The number of hydrogen-bond donors (Lipinski definition) is 1. The highest BCUT2D eigenvalue weighted by Crippen LogP contribution is 2.42. The molecule has 0 aliphatic heterocycles. The minimum absolute atomic E-state index is 0.0448. The van der Waals surface area contributed by atoms with E-state index in [1.807, 2.05) is 13.0 Å². The maximum absolute atomic E-state index is 13.6. The van der Waals surface area contributed by atoms with E-state index in [-0.39, 0.29) is 23.5 Å². The van der Waals surface area contributed by atoms with Crippen molar-refractivity contribution >= 4 is 21.4 Å². The van der Waals surface area contributed by atoms with E-state index in [0.717, 1.165) is 5.56 Å². The van der Waals surface area contributed by atoms with Crippen molar-refractivity contribution < 1.29 is 26.7 Å². The van der Waals surface area contributed by atoms with Crippen LogP contribution in [0.3, 0.4) is 0 Å². The second kappa shape index (κ2) is 8.10. The number of amides is 1. The van der Waals surface area contributed by atoms with Crippen LogP contribution in [0.2, 0.25) is 0 Å². The largest absolute Gasteiger partial charge is 0.435 e. The molecule has 2 aromatic carbocycles. The van der Waals surface area contributed by atoms with E-state index in [0.29, 0.717) is 24.1 Å². The molecule has 0 spiro atoms. The first-order valence-electron chi connectivity index (χ1n) is 9.34. The highest BCUT2D eigenvalue weighted by molar-refractivity contribution is 7.93. The molecule has 1 fully saturated rings. The number of sulfone groups is 1. The van der Waals surface area contributed by atoms with Crippen LogP contribution in [0.1, 0.15) is 36.8 Å². The number of carbonyl (C=O) groups excluding carboxylic acids is 1. The van der Waals surface area contributed by atoms with E-state index in [1.165, 1.54) is 24.3 Å². The number of nitrogens with one attached hydrogen (secondary N) is 1. The number of hydrogen-bond acceptors (Lipinski definition) is 4. The number of rotatable bonds is 6. The second-order valence-electron chi connectivity index (χ2n) is 7.33. The molecule has 0 saturated heterocycles. The van der Waals surface area contributed by atoms with Crippen LogP contribution < -0.4 is 10.1 Å². The van der Waals surface area contributed by atoms with Crippen LogP contribution in [0.15, 0.2) is 47.4 Å². The normalized spacial score (nSPS) is 16.0. The smallest absolute Gasteiger partial charge is 0.387 e. The average molecular weight is 423 g/mol. The monoisotopic (exact) mass is 423 g/mol. The van der Waals surface area contributed by atoms with E-state index < -0.39 is 27.1 Å². The van der Waals surface area contributed by atoms with Crippen molar-refractivity contribution in [1.29, 1.82) is 0 Å². The Hall–Kier alpha value is -2.48. The molecule has 0 bridgehead atoms. The van der Waals surface area contributed by atoms with E-state index in [1.54, 1.807) is 19.1 Å². The molecule has 3 rings (SSSR count). The maximum Gasteiger partial charge on any atom is 0.387 e. The van der Waals surface area contributed by atoms with Crippen molar-refractivity contribution in [3.63, 3.8) is 0 Å². The third-order valence-electron chi connectivity index (χ3n) is 5.31. The first-order valence-corrected chi connectivity index (χ1v) is 10.8. The summed E-state index contributed by atoms with van der Waals surface area (Å²) in [4.78, 5) is 13.4. The van der Waals surface area contributed by atoms with Crippen molar-refractivity contribution in [3.8, 4) is 5.75 Å². The van der Waals surface area contributed by atoms with Gasteiger partial charge < -0.3 is 10.1 Å². The fourth-order valence-electron chi connectivity index (χ4n) is 3.74. The summed E-state index contributed by atoms with van der Waals surface area (Å²) in [6.07, 6.45) is 1.75. The van der Waals surface area contributed by atoms with Crippen molar-refractivity contribution in [2.45, 2.75) is 55.8 Å². The lowest BCUT2D eigenvalue weighted by Gasteiger charge is -2.28. The molecule has 1 saturated carbocycles. The fourth-order valence-corrected chi connectivity index (χ4v) is 6.11. The predicted octanol–water partition coefficient (Wildman–Crippen LogP) is 4.63. The number of halogens is 2. The van der Waals surface area contributed by atoms with Crippen molar-refractivity contribution in [2.75, 3.05) is 5.32 Å². The molecular formula is C21H23F2NO4S. The number of alkyl halides is 2. The van der Waals surface area contributed by atoms with Gasteiger partial charge in [-0.2, -0.15) is 8.78 Å². The summed E-state index contributed by atoms with van der Waals surface area (Å²) in [5.41, 5.74) is 1.72. The van der Waals surface area contributed by atoms with E-state index >= 15 is 0 Å². The zero-order valence-electron chi connectivity index (χ0n) is 16.2. The molecule has 1 N–H and O–H groups in total. The van der Waals surface area contributed by atoms with Crippen LogP contribution in [0, 0.1) is 13.8 Å². The van der Waals surface area contributed by atoms with Crippen LogP contribution >= 0.6 is 0 Å². The Morgan fingerprint density at radius 3 is 2.28 bits per heavy atom. The van der Waals surface area contributed by atoms with E-state index in [4.69, 9.17) is 0 Å². The van der Waals surface area contributed by atoms with E-state index in [2.05, 4.69) is 10.1 Å². The molecule has 0 aromatic heterocycles. The van der Waals surface area contributed by atoms with Gasteiger partial charge >= 0.3 is 6.61 Å². The van der Waals surface area contributed by atoms with Crippen LogP contribution in [0.5, 0.6) is 5.75 Å². The van der Waals surface area contributed by atoms with Gasteiger partial charge in [0.25, 0.3) is 0 Å². The van der Waals surface area contributed by atoms with Gasteiger partial charge in [-0.3, -0.25) is 4.79 Å². The van der Waals surface area contributed by atoms with Gasteiger partial charge in [0.2, 0.25) is 5.91 Å². The molecule has 0 heterocycles. The van der Waals surface area contributed by atoms with Gasteiger partial charge in [0.1, 0.15) is 5.75 Å². The number of aryl methyl sites for hydroxylation is 2. The minimum atomic E-state index is -3.93. The highest BCUT2D eigenvalue weighted by atomic mass is 32.2. The molecular weight excluding hydrogens is 400 g/mol. The zero-order valence-corrected chi connectivity index (χ0v) is 17.1. The van der Waals surface area contributed by atoms with Crippen molar-refractivity contribution in [2.24, 2.45) is 0 Å². The molecule has 0 radical (unpaired) electrons. The minimum Gasteiger partial charge on any atom is -0.435 e. The summed E-state index contributed by atoms with van der Waals surface area (Å²) in [7, 11) is -3.93. The molecule has 0 atom stereocenters. The molecule has 1 aliphatic carbocycles. The molecule has 1 amide bonds. The molecule has 156 valence electrons. The van der Waals surface area contributed by atoms with Crippen LogP contribution in [-0.4, -0.2) is 25.7 Å². The Morgan fingerprint density at radius 2 is 1.69 bits per heavy atom. The van der Waals surface area contributed by atoms with Crippen molar-refractivity contribution in [3.05, 3.63) is 53.6 Å². The van der Waals surface area contributed by atoms with Crippen LogP contribution in [0.25, 0.3) is 0 Å². The van der Waals surface area contributed by atoms with Gasteiger partial charge in [-0.1, -0.05) is 25.0 Å².